The summed E-state index contributed by atoms with van der Waals surface area (Å²) in [5, 5.41) is 11.9. The normalized spacial score (nSPS) is 10.0. The van der Waals surface area contributed by atoms with Crippen LogP contribution in [0.25, 0.3) is 0 Å². The van der Waals surface area contributed by atoms with Gasteiger partial charge in [-0.2, -0.15) is 0 Å². The van der Waals surface area contributed by atoms with E-state index >= 15 is 0 Å². The fourth-order valence-corrected chi connectivity index (χ4v) is 2.02. The van der Waals surface area contributed by atoms with E-state index in [0.29, 0.717) is 22.3 Å². The van der Waals surface area contributed by atoms with E-state index in [0.717, 1.165) is 0 Å². The number of carbonyl (C=O) groups is 2. The summed E-state index contributed by atoms with van der Waals surface area (Å²) in [6, 6.07) is 0. The highest BCUT2D eigenvalue weighted by molar-refractivity contribution is 7.17. The number of carboxylic acids is 1. The van der Waals surface area contributed by atoms with Crippen molar-refractivity contribution in [3.8, 4) is 0 Å². The maximum absolute atomic E-state index is 11.5. The molecule has 0 fully saturated rings. The Kier molecular flexibility index (Phi) is 4.89. The van der Waals surface area contributed by atoms with Crippen LogP contribution in [0.3, 0.4) is 0 Å². The van der Waals surface area contributed by atoms with Crippen molar-refractivity contribution in [2.24, 2.45) is 0 Å². The first-order valence-electron chi connectivity index (χ1n) is 5.14. The number of aromatic nitrogens is 1. The monoisotopic (exact) mass is 258 g/mol. The van der Waals surface area contributed by atoms with Gasteiger partial charge in [-0.3, -0.25) is 4.79 Å². The number of rotatable bonds is 6. The molecule has 7 heteroatoms. The molecule has 1 aromatic heterocycles. The van der Waals surface area contributed by atoms with Crippen LogP contribution in [-0.2, 0) is 9.53 Å². The van der Waals surface area contributed by atoms with Crippen molar-refractivity contribution in [2.75, 3.05) is 18.5 Å². The molecule has 0 atom stereocenters. The number of nitrogens with one attached hydrogen (secondary N) is 1. The van der Waals surface area contributed by atoms with Gasteiger partial charge < -0.3 is 15.2 Å². The summed E-state index contributed by atoms with van der Waals surface area (Å²) in [6.45, 7) is 4.05. The summed E-state index contributed by atoms with van der Waals surface area (Å²) in [5.74, 6) is -1.27. The fraction of sp³-hybridized carbons (Fsp3) is 0.500. The van der Waals surface area contributed by atoms with Crippen molar-refractivity contribution < 1.29 is 19.4 Å². The quantitative estimate of drug-likeness (QED) is 0.752. The van der Waals surface area contributed by atoms with Crippen molar-refractivity contribution in [2.45, 2.75) is 20.3 Å². The van der Waals surface area contributed by atoms with E-state index in [2.05, 4.69) is 10.3 Å². The molecule has 0 aliphatic heterocycles. The average molecular weight is 258 g/mol. The highest BCUT2D eigenvalue weighted by Gasteiger charge is 2.16. The Morgan fingerprint density at radius 3 is 2.82 bits per heavy atom. The van der Waals surface area contributed by atoms with Crippen LogP contribution in [0.1, 0.15) is 28.7 Å². The Hall–Kier alpha value is -1.63. The SMILES string of the molecule is CCOC(=O)c1sc(NCCC(=O)O)nc1C. The number of esters is 1. The molecule has 0 saturated heterocycles. The van der Waals surface area contributed by atoms with E-state index in [4.69, 9.17) is 9.84 Å². The van der Waals surface area contributed by atoms with Gasteiger partial charge in [0.1, 0.15) is 4.88 Å². The second kappa shape index (κ2) is 6.19. The number of thiazole rings is 1. The van der Waals surface area contributed by atoms with Crippen LogP contribution in [0, 0.1) is 6.92 Å². The van der Waals surface area contributed by atoms with Crippen molar-refractivity contribution in [3.63, 3.8) is 0 Å². The molecule has 0 bridgehead atoms. The molecule has 0 amide bonds. The van der Waals surface area contributed by atoms with Crippen molar-refractivity contribution >= 4 is 28.4 Å². The molecule has 94 valence electrons. The molecule has 0 spiro atoms. The molecule has 1 heterocycles. The smallest absolute Gasteiger partial charge is 0.350 e. The van der Waals surface area contributed by atoms with Gasteiger partial charge >= 0.3 is 11.9 Å². The lowest BCUT2D eigenvalue weighted by molar-refractivity contribution is -0.136. The lowest BCUT2D eigenvalue weighted by atomic mass is 10.4. The van der Waals surface area contributed by atoms with E-state index < -0.39 is 11.9 Å². The number of aliphatic carboxylic acids is 1. The van der Waals surface area contributed by atoms with Crippen LogP contribution in [0.2, 0.25) is 0 Å². The first-order chi connectivity index (χ1) is 8.04. The topological polar surface area (TPSA) is 88.5 Å². The van der Waals surface area contributed by atoms with Crippen LogP contribution in [-0.4, -0.2) is 35.2 Å². The Balaban J connectivity index is 2.61. The Morgan fingerprint density at radius 1 is 1.53 bits per heavy atom. The summed E-state index contributed by atoms with van der Waals surface area (Å²) >= 11 is 1.17. The fourth-order valence-electron chi connectivity index (χ4n) is 1.13. The summed E-state index contributed by atoms with van der Waals surface area (Å²) in [5.41, 5.74) is 0.589. The lowest BCUT2D eigenvalue weighted by Gasteiger charge is -1.98. The van der Waals surface area contributed by atoms with Crippen LogP contribution in [0.4, 0.5) is 5.13 Å². The molecular formula is C10H14N2O4S. The number of hydrogen-bond acceptors (Lipinski definition) is 6. The molecule has 17 heavy (non-hydrogen) atoms. The largest absolute Gasteiger partial charge is 0.481 e. The Bertz CT molecular complexity index is 416. The number of nitrogens with zero attached hydrogens (tertiary/aromatic N) is 1. The second-order valence-electron chi connectivity index (χ2n) is 3.22. The summed E-state index contributed by atoms with van der Waals surface area (Å²) in [7, 11) is 0. The van der Waals surface area contributed by atoms with Gasteiger partial charge in [-0.25, -0.2) is 9.78 Å². The van der Waals surface area contributed by atoms with E-state index in [1.807, 2.05) is 0 Å². The van der Waals surface area contributed by atoms with Crippen molar-refractivity contribution in [3.05, 3.63) is 10.6 Å². The lowest BCUT2D eigenvalue weighted by Crippen LogP contribution is -2.07. The van der Waals surface area contributed by atoms with E-state index in [1.165, 1.54) is 11.3 Å². The molecule has 1 rings (SSSR count). The number of hydrogen-bond donors (Lipinski definition) is 2. The molecule has 0 saturated carbocycles. The van der Waals surface area contributed by atoms with Gasteiger partial charge in [0.05, 0.1) is 18.7 Å². The minimum atomic E-state index is -0.878. The van der Waals surface area contributed by atoms with E-state index in [9.17, 15) is 9.59 Å². The average Bonchev–Trinajstić information content (AvgIpc) is 2.59. The third kappa shape index (κ3) is 4.03. The van der Waals surface area contributed by atoms with Crippen LogP contribution < -0.4 is 5.32 Å². The number of carboxylic acid groups (broad SMARTS) is 1. The van der Waals surface area contributed by atoms with Gasteiger partial charge in [0.25, 0.3) is 0 Å². The molecule has 0 aliphatic rings. The predicted octanol–water partition coefficient (Wildman–Crippen LogP) is 1.51. The van der Waals surface area contributed by atoms with Gasteiger partial charge in [-0.05, 0) is 13.8 Å². The summed E-state index contributed by atoms with van der Waals surface area (Å²) in [4.78, 5) is 26.4. The highest BCUT2D eigenvalue weighted by atomic mass is 32.1. The van der Waals surface area contributed by atoms with Crippen molar-refractivity contribution in [1.82, 2.24) is 4.98 Å². The minimum absolute atomic E-state index is 0.00731. The zero-order valence-electron chi connectivity index (χ0n) is 9.65. The summed E-state index contributed by atoms with van der Waals surface area (Å²) in [6.07, 6.45) is 0.00731. The summed E-state index contributed by atoms with van der Waals surface area (Å²) < 4.78 is 4.87. The first kappa shape index (κ1) is 13.4. The Morgan fingerprint density at radius 2 is 2.24 bits per heavy atom. The molecule has 0 aliphatic carbocycles. The third-order valence-electron chi connectivity index (χ3n) is 1.87. The maximum Gasteiger partial charge on any atom is 0.350 e. The van der Waals surface area contributed by atoms with Crippen LogP contribution in [0.5, 0.6) is 0 Å². The molecule has 0 unspecified atom stereocenters. The molecule has 6 nitrogen and oxygen atoms in total. The number of aryl methyl sites for hydroxylation is 1. The van der Waals surface area contributed by atoms with E-state index in [1.54, 1.807) is 13.8 Å². The number of carbonyl (C=O) groups excluding carboxylic acids is 1. The molecular weight excluding hydrogens is 244 g/mol. The molecule has 2 N–H and O–H groups in total. The zero-order valence-corrected chi connectivity index (χ0v) is 10.5. The molecule has 1 aromatic rings. The Labute approximate surface area is 103 Å². The number of ether oxygens (including phenoxy) is 1. The van der Waals surface area contributed by atoms with E-state index in [-0.39, 0.29) is 13.0 Å². The second-order valence-corrected chi connectivity index (χ2v) is 4.22. The van der Waals surface area contributed by atoms with Crippen LogP contribution >= 0.6 is 11.3 Å². The van der Waals surface area contributed by atoms with Crippen molar-refractivity contribution in [1.29, 1.82) is 0 Å². The number of anilines is 1. The zero-order chi connectivity index (χ0) is 12.8. The van der Waals surface area contributed by atoms with Gasteiger partial charge in [0.15, 0.2) is 5.13 Å². The van der Waals surface area contributed by atoms with Gasteiger partial charge in [0.2, 0.25) is 0 Å². The van der Waals surface area contributed by atoms with Gasteiger partial charge in [-0.1, -0.05) is 11.3 Å². The predicted molar refractivity (Wildman–Crippen MR) is 63.6 cm³/mol. The molecule has 0 aromatic carbocycles. The highest BCUT2D eigenvalue weighted by Crippen LogP contribution is 2.23. The molecule has 0 radical (unpaired) electrons. The third-order valence-corrected chi connectivity index (χ3v) is 2.97. The van der Waals surface area contributed by atoms with Gasteiger partial charge in [0, 0.05) is 6.54 Å². The maximum atomic E-state index is 11.5. The van der Waals surface area contributed by atoms with Crippen LogP contribution in [0.15, 0.2) is 0 Å². The standard InChI is InChI=1S/C10H14N2O4S/c1-3-16-9(15)8-6(2)12-10(17-8)11-5-4-7(13)14/h3-5H2,1-2H3,(H,11,12)(H,13,14). The minimum Gasteiger partial charge on any atom is -0.481 e. The first-order valence-corrected chi connectivity index (χ1v) is 5.96. The van der Waals surface area contributed by atoms with Gasteiger partial charge in [-0.15, -0.1) is 0 Å².